The van der Waals surface area contributed by atoms with Crippen LogP contribution in [-0.2, 0) is 6.54 Å². The molecule has 0 bridgehead atoms. The zero-order valence-electron chi connectivity index (χ0n) is 11.9. The molecule has 2 heterocycles. The monoisotopic (exact) mass is 301 g/mol. The fraction of sp³-hybridized carbons (Fsp3) is 0.188. The molecule has 5 heteroatoms. The van der Waals surface area contributed by atoms with E-state index in [0.29, 0.717) is 11.6 Å². The zero-order chi connectivity index (χ0) is 14.8. The molecule has 0 saturated heterocycles. The Morgan fingerprint density at radius 2 is 2.24 bits per heavy atom. The highest BCUT2D eigenvalue weighted by atomic mass is 35.5. The van der Waals surface area contributed by atoms with Crippen LogP contribution in [0.4, 0.5) is 5.69 Å². The molecule has 0 unspecified atom stereocenters. The van der Waals surface area contributed by atoms with Gasteiger partial charge in [-0.1, -0.05) is 11.6 Å². The summed E-state index contributed by atoms with van der Waals surface area (Å²) in [6.07, 6.45) is 3.75. The summed E-state index contributed by atoms with van der Waals surface area (Å²) >= 11 is 6.12. The maximum absolute atomic E-state index is 6.12. The Kier molecular flexibility index (Phi) is 3.71. The van der Waals surface area contributed by atoms with E-state index in [-0.39, 0.29) is 0 Å². The van der Waals surface area contributed by atoms with Crippen LogP contribution in [0, 0.1) is 6.92 Å². The Balaban J connectivity index is 1.86. The van der Waals surface area contributed by atoms with E-state index in [0.717, 1.165) is 33.6 Å². The van der Waals surface area contributed by atoms with Crippen molar-refractivity contribution >= 4 is 28.3 Å². The normalized spacial score (nSPS) is 10.8. The first kappa shape index (κ1) is 13.8. The lowest BCUT2D eigenvalue weighted by Gasteiger charge is -2.13. The molecule has 3 rings (SSSR count). The molecular formula is C16H16ClN3O. The third-order valence-corrected chi connectivity index (χ3v) is 3.89. The summed E-state index contributed by atoms with van der Waals surface area (Å²) in [6, 6.07) is 7.82. The van der Waals surface area contributed by atoms with Gasteiger partial charge in [-0.3, -0.25) is 0 Å². The number of nitrogens with zero attached hydrogens (tertiary/aromatic N) is 1. The minimum absolute atomic E-state index is 0.684. The van der Waals surface area contributed by atoms with E-state index >= 15 is 0 Å². The van der Waals surface area contributed by atoms with Crippen molar-refractivity contribution in [3.8, 4) is 5.75 Å². The molecule has 0 fully saturated rings. The largest absolute Gasteiger partial charge is 0.495 e. The van der Waals surface area contributed by atoms with Gasteiger partial charge in [0.25, 0.3) is 0 Å². The fourth-order valence-corrected chi connectivity index (χ4v) is 2.47. The van der Waals surface area contributed by atoms with Crippen LogP contribution >= 0.6 is 11.6 Å². The van der Waals surface area contributed by atoms with Gasteiger partial charge in [0, 0.05) is 35.4 Å². The standard InChI is InChI=1S/C16H16ClN3O/c1-10-6-14(15(21-2)7-13(10)17)19-8-11-9-20-16-12(11)4-3-5-18-16/h3-7,9,19H,8H2,1-2H3,(H,18,20). The predicted octanol–water partition coefficient (Wildman–Crippen LogP) is 4.15. The number of aromatic amines is 1. The van der Waals surface area contributed by atoms with Gasteiger partial charge in [0.15, 0.2) is 0 Å². The van der Waals surface area contributed by atoms with Crippen LogP contribution in [0.3, 0.4) is 0 Å². The SMILES string of the molecule is COc1cc(Cl)c(C)cc1NCc1c[nH]c2ncccc12. The van der Waals surface area contributed by atoms with Crippen molar-refractivity contribution in [3.05, 3.63) is 52.8 Å². The lowest BCUT2D eigenvalue weighted by Crippen LogP contribution is -2.01. The number of rotatable bonds is 4. The van der Waals surface area contributed by atoms with Crippen LogP contribution in [0.5, 0.6) is 5.75 Å². The maximum Gasteiger partial charge on any atom is 0.143 e. The van der Waals surface area contributed by atoms with Crippen LogP contribution in [0.15, 0.2) is 36.7 Å². The molecule has 2 aromatic heterocycles. The van der Waals surface area contributed by atoms with E-state index in [1.54, 1.807) is 13.3 Å². The molecule has 2 N–H and O–H groups in total. The Labute approximate surface area is 128 Å². The summed E-state index contributed by atoms with van der Waals surface area (Å²) in [5.74, 6) is 0.739. The predicted molar refractivity (Wildman–Crippen MR) is 86.2 cm³/mol. The second-order valence-corrected chi connectivity index (χ2v) is 5.28. The second-order valence-electron chi connectivity index (χ2n) is 4.87. The highest BCUT2D eigenvalue weighted by molar-refractivity contribution is 6.31. The Hall–Kier alpha value is -2.20. The van der Waals surface area contributed by atoms with Crippen molar-refractivity contribution in [2.24, 2.45) is 0 Å². The van der Waals surface area contributed by atoms with Crippen molar-refractivity contribution in [2.45, 2.75) is 13.5 Å². The molecule has 108 valence electrons. The molecule has 0 aliphatic rings. The van der Waals surface area contributed by atoms with Crippen LogP contribution in [0.25, 0.3) is 11.0 Å². The number of nitrogens with one attached hydrogen (secondary N) is 2. The average molecular weight is 302 g/mol. The minimum Gasteiger partial charge on any atom is -0.495 e. The fourth-order valence-electron chi connectivity index (χ4n) is 2.32. The number of anilines is 1. The molecule has 0 radical (unpaired) electrons. The first-order chi connectivity index (χ1) is 10.2. The van der Waals surface area contributed by atoms with E-state index < -0.39 is 0 Å². The molecule has 0 aliphatic heterocycles. The number of aromatic nitrogens is 2. The first-order valence-electron chi connectivity index (χ1n) is 6.68. The van der Waals surface area contributed by atoms with Gasteiger partial charge < -0.3 is 15.0 Å². The summed E-state index contributed by atoms with van der Waals surface area (Å²) in [5, 5.41) is 5.22. The van der Waals surface area contributed by atoms with Gasteiger partial charge in [-0.15, -0.1) is 0 Å². The lowest BCUT2D eigenvalue weighted by molar-refractivity contribution is 0.416. The van der Waals surface area contributed by atoms with Crippen molar-refractivity contribution < 1.29 is 4.74 Å². The molecule has 3 aromatic rings. The van der Waals surface area contributed by atoms with Crippen molar-refractivity contribution in [1.29, 1.82) is 0 Å². The van der Waals surface area contributed by atoms with Crippen LogP contribution < -0.4 is 10.1 Å². The van der Waals surface area contributed by atoms with Gasteiger partial charge in [-0.25, -0.2) is 4.98 Å². The summed E-state index contributed by atoms with van der Waals surface area (Å²) < 4.78 is 5.37. The molecule has 0 aliphatic carbocycles. The number of hydrogen-bond donors (Lipinski definition) is 2. The highest BCUT2D eigenvalue weighted by Crippen LogP contribution is 2.31. The van der Waals surface area contributed by atoms with E-state index in [1.165, 1.54) is 0 Å². The van der Waals surface area contributed by atoms with Gasteiger partial charge in [0.05, 0.1) is 12.8 Å². The molecule has 0 atom stereocenters. The topological polar surface area (TPSA) is 49.9 Å². The van der Waals surface area contributed by atoms with Gasteiger partial charge in [-0.05, 0) is 36.2 Å². The van der Waals surface area contributed by atoms with Gasteiger partial charge in [0.1, 0.15) is 11.4 Å². The lowest BCUT2D eigenvalue weighted by atomic mass is 10.2. The van der Waals surface area contributed by atoms with E-state index in [9.17, 15) is 0 Å². The summed E-state index contributed by atoms with van der Waals surface area (Å²) in [6.45, 7) is 2.66. The molecule has 0 saturated carbocycles. The van der Waals surface area contributed by atoms with Crippen LogP contribution in [-0.4, -0.2) is 17.1 Å². The Morgan fingerprint density at radius 1 is 1.38 bits per heavy atom. The van der Waals surface area contributed by atoms with Crippen LogP contribution in [0.1, 0.15) is 11.1 Å². The number of H-pyrrole nitrogens is 1. The van der Waals surface area contributed by atoms with Gasteiger partial charge in [-0.2, -0.15) is 0 Å². The summed E-state index contributed by atoms with van der Waals surface area (Å²) in [4.78, 5) is 7.46. The average Bonchev–Trinajstić information content (AvgIpc) is 2.91. The third-order valence-electron chi connectivity index (χ3n) is 3.49. The van der Waals surface area contributed by atoms with Gasteiger partial charge in [0.2, 0.25) is 0 Å². The van der Waals surface area contributed by atoms with E-state index in [2.05, 4.69) is 21.4 Å². The highest BCUT2D eigenvalue weighted by Gasteiger charge is 2.08. The number of fused-ring (bicyclic) bond motifs is 1. The molecular weight excluding hydrogens is 286 g/mol. The van der Waals surface area contributed by atoms with Crippen molar-refractivity contribution in [3.63, 3.8) is 0 Å². The number of benzene rings is 1. The number of ether oxygens (including phenoxy) is 1. The van der Waals surface area contributed by atoms with E-state index in [4.69, 9.17) is 16.3 Å². The quantitative estimate of drug-likeness (QED) is 0.761. The molecule has 21 heavy (non-hydrogen) atoms. The molecule has 0 spiro atoms. The van der Waals surface area contributed by atoms with E-state index in [1.807, 2.05) is 31.3 Å². The minimum atomic E-state index is 0.684. The van der Waals surface area contributed by atoms with Crippen molar-refractivity contribution in [1.82, 2.24) is 9.97 Å². The molecule has 4 nitrogen and oxygen atoms in total. The van der Waals surface area contributed by atoms with Crippen molar-refractivity contribution in [2.75, 3.05) is 12.4 Å². The summed E-state index contributed by atoms with van der Waals surface area (Å²) in [5.41, 5.74) is 4.00. The number of hydrogen-bond acceptors (Lipinski definition) is 3. The smallest absolute Gasteiger partial charge is 0.143 e. The maximum atomic E-state index is 6.12. The number of methoxy groups -OCH3 is 1. The molecule has 0 amide bonds. The number of halogens is 1. The zero-order valence-corrected chi connectivity index (χ0v) is 12.7. The third kappa shape index (κ3) is 2.67. The van der Waals surface area contributed by atoms with Crippen LogP contribution in [0.2, 0.25) is 5.02 Å². The summed E-state index contributed by atoms with van der Waals surface area (Å²) in [7, 11) is 1.64. The first-order valence-corrected chi connectivity index (χ1v) is 7.06. The molecule has 1 aromatic carbocycles. The second kappa shape index (κ2) is 5.66. The number of pyridine rings is 1. The Bertz CT molecular complexity index is 782. The Morgan fingerprint density at radius 3 is 3.05 bits per heavy atom. The van der Waals surface area contributed by atoms with Gasteiger partial charge >= 0.3 is 0 Å². The number of aryl methyl sites for hydroxylation is 1.